The van der Waals surface area contributed by atoms with Gasteiger partial charge in [0.1, 0.15) is 12.0 Å². The van der Waals surface area contributed by atoms with E-state index in [0.29, 0.717) is 11.5 Å². The zero-order valence-corrected chi connectivity index (χ0v) is 16.6. The summed E-state index contributed by atoms with van der Waals surface area (Å²) >= 11 is 1.76. The molecule has 28 heavy (non-hydrogen) atoms. The third kappa shape index (κ3) is 3.64. The number of aromatic nitrogens is 2. The summed E-state index contributed by atoms with van der Waals surface area (Å²) in [5, 5.41) is 7.83. The zero-order chi connectivity index (χ0) is 19.3. The molecule has 4 rings (SSSR count). The predicted octanol–water partition coefficient (Wildman–Crippen LogP) is 5.09. The Kier molecular flexibility index (Phi) is 5.39. The van der Waals surface area contributed by atoms with Gasteiger partial charge >= 0.3 is 0 Å². The first-order valence-electron chi connectivity index (χ1n) is 9.40. The monoisotopic (exact) mass is 389 g/mol. The van der Waals surface area contributed by atoms with Crippen molar-refractivity contribution in [1.29, 1.82) is 0 Å². The van der Waals surface area contributed by atoms with E-state index in [1.54, 1.807) is 17.7 Å². The smallest absolute Gasteiger partial charge is 0.161 e. The van der Waals surface area contributed by atoms with Gasteiger partial charge in [0.15, 0.2) is 11.6 Å². The van der Waals surface area contributed by atoms with Crippen molar-refractivity contribution in [3.63, 3.8) is 0 Å². The third-order valence-electron chi connectivity index (χ3n) is 4.74. The van der Waals surface area contributed by atoms with Gasteiger partial charge in [-0.05, 0) is 36.2 Å². The topological polar surface area (TPSA) is 67.1 Å². The van der Waals surface area contributed by atoms with Crippen LogP contribution in [0.25, 0.3) is 10.8 Å². The number of benzene rings is 2. The molecule has 3 N–H and O–H groups in total. The van der Waals surface area contributed by atoms with Crippen LogP contribution < -0.4 is 16.0 Å². The van der Waals surface area contributed by atoms with E-state index in [0.717, 1.165) is 31.0 Å². The van der Waals surface area contributed by atoms with Crippen molar-refractivity contribution < 1.29 is 0 Å². The van der Waals surface area contributed by atoms with Crippen LogP contribution in [-0.2, 0) is 6.42 Å². The molecule has 0 fully saturated rings. The first-order valence-corrected chi connectivity index (χ1v) is 10.3. The lowest BCUT2D eigenvalue weighted by atomic mass is 10.1. The highest BCUT2D eigenvalue weighted by Crippen LogP contribution is 2.35. The normalized spacial score (nSPS) is 10.9. The molecule has 0 atom stereocenters. The lowest BCUT2D eigenvalue weighted by Crippen LogP contribution is -2.20. The number of fused-ring (bicyclic) bond motifs is 1. The van der Waals surface area contributed by atoms with E-state index in [-0.39, 0.29) is 0 Å². The lowest BCUT2D eigenvalue weighted by Gasteiger charge is -2.25. The molecule has 2 heterocycles. The van der Waals surface area contributed by atoms with Crippen LogP contribution in [0.4, 0.5) is 23.0 Å². The molecule has 0 unspecified atom stereocenters. The second-order valence-corrected chi connectivity index (χ2v) is 7.49. The van der Waals surface area contributed by atoms with Gasteiger partial charge in [-0.3, -0.25) is 0 Å². The minimum atomic E-state index is 0.573. The molecule has 2 aromatic heterocycles. The van der Waals surface area contributed by atoms with Crippen LogP contribution in [-0.4, -0.2) is 23.1 Å². The van der Waals surface area contributed by atoms with Crippen LogP contribution in [0.15, 0.2) is 66.3 Å². The van der Waals surface area contributed by atoms with Crippen molar-refractivity contribution in [2.75, 3.05) is 29.0 Å². The second-order valence-electron chi connectivity index (χ2n) is 6.46. The summed E-state index contributed by atoms with van der Waals surface area (Å²) < 4.78 is 0. The van der Waals surface area contributed by atoms with Crippen LogP contribution in [0.2, 0.25) is 0 Å². The van der Waals surface area contributed by atoms with Crippen molar-refractivity contribution in [2.45, 2.75) is 13.3 Å². The van der Waals surface area contributed by atoms with Gasteiger partial charge in [-0.2, -0.15) is 0 Å². The zero-order valence-electron chi connectivity index (χ0n) is 15.8. The SMILES string of the molecule is CCN(c1ncnc(NCCc2cccs2)c1N)c1cccc2ccccc12. The predicted molar refractivity (Wildman–Crippen MR) is 120 cm³/mol. The summed E-state index contributed by atoms with van der Waals surface area (Å²) in [7, 11) is 0. The fourth-order valence-electron chi connectivity index (χ4n) is 3.38. The first kappa shape index (κ1) is 18.3. The van der Waals surface area contributed by atoms with Crippen molar-refractivity contribution in [3.8, 4) is 0 Å². The largest absolute Gasteiger partial charge is 0.393 e. The van der Waals surface area contributed by atoms with E-state index in [1.165, 1.54) is 15.6 Å². The first-order chi connectivity index (χ1) is 13.8. The van der Waals surface area contributed by atoms with Gasteiger partial charge < -0.3 is 16.0 Å². The molecule has 142 valence electrons. The van der Waals surface area contributed by atoms with Gasteiger partial charge in [0, 0.05) is 23.4 Å². The Balaban J connectivity index is 1.63. The Morgan fingerprint density at radius 3 is 2.71 bits per heavy atom. The maximum Gasteiger partial charge on any atom is 0.161 e. The quantitative estimate of drug-likeness (QED) is 0.461. The third-order valence-corrected chi connectivity index (χ3v) is 5.67. The highest BCUT2D eigenvalue weighted by molar-refractivity contribution is 7.09. The average Bonchev–Trinajstić information content (AvgIpc) is 3.24. The van der Waals surface area contributed by atoms with Gasteiger partial charge in [-0.25, -0.2) is 9.97 Å². The number of thiophene rings is 1. The minimum absolute atomic E-state index is 0.573. The van der Waals surface area contributed by atoms with Crippen LogP contribution in [0, 0.1) is 0 Å². The van der Waals surface area contributed by atoms with Crippen molar-refractivity contribution in [3.05, 3.63) is 71.2 Å². The van der Waals surface area contributed by atoms with Gasteiger partial charge in [0.05, 0.1) is 5.69 Å². The van der Waals surface area contributed by atoms with Gasteiger partial charge in [0.25, 0.3) is 0 Å². The van der Waals surface area contributed by atoms with E-state index < -0.39 is 0 Å². The Bertz CT molecular complexity index is 1060. The number of rotatable bonds is 7. The molecule has 0 aliphatic rings. The van der Waals surface area contributed by atoms with Gasteiger partial charge in [-0.1, -0.05) is 42.5 Å². The molecule has 0 spiro atoms. The highest BCUT2D eigenvalue weighted by atomic mass is 32.1. The van der Waals surface area contributed by atoms with E-state index in [4.69, 9.17) is 5.73 Å². The van der Waals surface area contributed by atoms with E-state index in [2.05, 4.69) is 87.1 Å². The summed E-state index contributed by atoms with van der Waals surface area (Å²) in [6, 6.07) is 18.9. The van der Waals surface area contributed by atoms with Gasteiger partial charge in [-0.15, -0.1) is 11.3 Å². The second kappa shape index (κ2) is 8.27. The molecule has 0 bridgehead atoms. The number of hydrogen-bond donors (Lipinski definition) is 2. The minimum Gasteiger partial charge on any atom is -0.393 e. The molecule has 4 aromatic rings. The molecule has 6 heteroatoms. The molecule has 0 saturated heterocycles. The lowest BCUT2D eigenvalue weighted by molar-refractivity contribution is 0.974. The molecular formula is C22H23N5S. The fraction of sp³-hybridized carbons (Fsp3) is 0.182. The molecule has 0 saturated carbocycles. The summed E-state index contributed by atoms with van der Waals surface area (Å²) in [6.07, 6.45) is 2.52. The fourth-order valence-corrected chi connectivity index (χ4v) is 4.09. The number of anilines is 4. The number of nitrogens with two attached hydrogens (primary N) is 1. The highest BCUT2D eigenvalue weighted by Gasteiger charge is 2.17. The van der Waals surface area contributed by atoms with Crippen molar-refractivity contribution >= 4 is 45.1 Å². The maximum atomic E-state index is 6.47. The van der Waals surface area contributed by atoms with E-state index >= 15 is 0 Å². The molecule has 5 nitrogen and oxygen atoms in total. The Hall–Kier alpha value is -3.12. The number of nitrogens with zero attached hydrogens (tertiary/aromatic N) is 3. The van der Waals surface area contributed by atoms with Crippen molar-refractivity contribution in [1.82, 2.24) is 9.97 Å². The summed E-state index contributed by atoms with van der Waals surface area (Å²) in [4.78, 5) is 12.3. The van der Waals surface area contributed by atoms with E-state index in [9.17, 15) is 0 Å². The molecular weight excluding hydrogens is 366 g/mol. The van der Waals surface area contributed by atoms with Crippen molar-refractivity contribution in [2.24, 2.45) is 0 Å². The summed E-state index contributed by atoms with van der Waals surface area (Å²) in [6.45, 7) is 3.64. The Morgan fingerprint density at radius 1 is 1.04 bits per heavy atom. The summed E-state index contributed by atoms with van der Waals surface area (Å²) in [5.74, 6) is 1.41. The number of hydrogen-bond acceptors (Lipinski definition) is 6. The average molecular weight is 390 g/mol. The molecule has 0 radical (unpaired) electrons. The molecule has 0 aliphatic carbocycles. The van der Waals surface area contributed by atoms with Crippen LogP contribution in [0.5, 0.6) is 0 Å². The van der Waals surface area contributed by atoms with Crippen LogP contribution >= 0.6 is 11.3 Å². The van der Waals surface area contributed by atoms with E-state index in [1.807, 2.05) is 0 Å². The number of nitrogen functional groups attached to an aromatic ring is 1. The molecule has 2 aromatic carbocycles. The van der Waals surface area contributed by atoms with Crippen LogP contribution in [0.1, 0.15) is 11.8 Å². The van der Waals surface area contributed by atoms with Crippen LogP contribution in [0.3, 0.4) is 0 Å². The Labute approximate surface area is 168 Å². The maximum absolute atomic E-state index is 6.47. The Morgan fingerprint density at radius 2 is 1.89 bits per heavy atom. The summed E-state index contributed by atoms with van der Waals surface area (Å²) in [5.41, 5.74) is 8.14. The standard InChI is InChI=1S/C22H23N5S/c1-2-27(19-11-5-8-16-7-3-4-10-18(16)19)22-20(23)21(25-15-26-22)24-13-12-17-9-6-14-28-17/h3-11,14-15H,2,12-13,23H2,1H3,(H,24,25,26). The molecule has 0 aliphatic heterocycles. The molecule has 0 amide bonds. The number of nitrogens with one attached hydrogen (secondary N) is 1. The van der Waals surface area contributed by atoms with Gasteiger partial charge in [0.2, 0.25) is 0 Å².